The average Bonchev–Trinajstić information content (AvgIpc) is 2.43. The zero-order chi connectivity index (χ0) is 15.2. The molecule has 1 aromatic rings. The maximum absolute atomic E-state index is 11.9. The van der Waals surface area contributed by atoms with Gasteiger partial charge in [0.2, 0.25) is 0 Å². The van der Waals surface area contributed by atoms with Crippen molar-refractivity contribution in [2.75, 3.05) is 20.3 Å². The van der Waals surface area contributed by atoms with Gasteiger partial charge in [-0.05, 0) is 51.9 Å². The van der Waals surface area contributed by atoms with Crippen LogP contribution < -0.4 is 10.1 Å². The second-order valence-corrected chi connectivity index (χ2v) is 5.10. The second-order valence-electron chi connectivity index (χ2n) is 5.10. The van der Waals surface area contributed by atoms with Gasteiger partial charge < -0.3 is 14.8 Å². The Morgan fingerprint density at radius 2 is 2.05 bits per heavy atom. The molecule has 1 aromatic carbocycles. The molecule has 0 aromatic heterocycles. The van der Waals surface area contributed by atoms with Gasteiger partial charge in [0, 0.05) is 6.42 Å². The van der Waals surface area contributed by atoms with Crippen molar-refractivity contribution in [2.24, 2.45) is 0 Å². The summed E-state index contributed by atoms with van der Waals surface area (Å²) in [6.45, 7) is 8.57. The summed E-state index contributed by atoms with van der Waals surface area (Å²) in [5.41, 5.74) is 1.62. The first-order chi connectivity index (χ1) is 9.44. The van der Waals surface area contributed by atoms with Crippen molar-refractivity contribution in [1.29, 1.82) is 0 Å². The number of carbonyl (C=O) groups excluding carboxylic acids is 1. The molecular formula is C16H25NO3. The summed E-state index contributed by atoms with van der Waals surface area (Å²) in [6.07, 6.45) is 0.551. The molecule has 4 nitrogen and oxygen atoms in total. The summed E-state index contributed by atoms with van der Waals surface area (Å²) in [5, 5.41) is 3.02. The second kappa shape index (κ2) is 7.29. The van der Waals surface area contributed by atoms with Gasteiger partial charge in [0.05, 0.1) is 13.2 Å². The molecule has 1 atom stereocenters. The van der Waals surface area contributed by atoms with Crippen LogP contribution in [0, 0.1) is 13.8 Å². The van der Waals surface area contributed by atoms with Crippen molar-refractivity contribution in [3.8, 4) is 5.75 Å². The first-order valence-electron chi connectivity index (χ1n) is 6.99. The van der Waals surface area contributed by atoms with Gasteiger partial charge in [-0.2, -0.15) is 0 Å². The molecule has 0 saturated carbocycles. The summed E-state index contributed by atoms with van der Waals surface area (Å²) in [5.74, 6) is 0.624. The third-order valence-corrected chi connectivity index (χ3v) is 3.69. The predicted molar refractivity (Wildman–Crippen MR) is 80.1 cm³/mol. The molecule has 0 aliphatic rings. The van der Waals surface area contributed by atoms with Gasteiger partial charge >= 0.3 is 5.97 Å². The highest BCUT2D eigenvalue weighted by molar-refractivity contribution is 5.80. The highest BCUT2D eigenvalue weighted by Crippen LogP contribution is 2.21. The zero-order valence-electron chi connectivity index (χ0n) is 13.1. The van der Waals surface area contributed by atoms with E-state index in [9.17, 15) is 4.79 Å². The third-order valence-electron chi connectivity index (χ3n) is 3.69. The van der Waals surface area contributed by atoms with Gasteiger partial charge in [-0.1, -0.05) is 12.1 Å². The van der Waals surface area contributed by atoms with E-state index in [1.54, 1.807) is 14.0 Å². The lowest BCUT2D eigenvalue weighted by molar-refractivity contribution is -0.150. The third kappa shape index (κ3) is 3.97. The first-order valence-corrected chi connectivity index (χ1v) is 6.99. The number of hydrogen-bond acceptors (Lipinski definition) is 4. The number of nitrogens with one attached hydrogen (secondary N) is 1. The Balaban J connectivity index is 2.61. The number of aryl methyl sites for hydroxylation is 1. The van der Waals surface area contributed by atoms with E-state index in [0.717, 1.165) is 11.3 Å². The minimum Gasteiger partial charge on any atom is -0.493 e. The topological polar surface area (TPSA) is 47.6 Å². The molecule has 20 heavy (non-hydrogen) atoms. The standard InChI is InChI=1S/C16H25NO3/c1-6-19-15(18)16(4,17-5)10-11-20-14-9-7-8-12(2)13(14)3/h7-9,17H,6,10-11H2,1-5H3. The van der Waals surface area contributed by atoms with Gasteiger partial charge in [-0.25, -0.2) is 0 Å². The Bertz CT molecular complexity index is 459. The molecule has 0 fully saturated rings. The molecule has 0 bridgehead atoms. The van der Waals surface area contributed by atoms with Gasteiger partial charge in [0.1, 0.15) is 11.3 Å². The molecule has 1 N–H and O–H groups in total. The van der Waals surface area contributed by atoms with Crippen molar-refractivity contribution in [3.63, 3.8) is 0 Å². The van der Waals surface area contributed by atoms with Crippen LogP contribution in [0.2, 0.25) is 0 Å². The van der Waals surface area contributed by atoms with Crippen molar-refractivity contribution in [3.05, 3.63) is 29.3 Å². The maximum atomic E-state index is 11.9. The predicted octanol–water partition coefficient (Wildman–Crippen LogP) is 2.61. The Kier molecular flexibility index (Phi) is 6.02. The fraction of sp³-hybridized carbons (Fsp3) is 0.562. The van der Waals surface area contributed by atoms with Crippen LogP contribution in [0.15, 0.2) is 18.2 Å². The molecule has 0 spiro atoms. The lowest BCUT2D eigenvalue weighted by Gasteiger charge is -2.26. The van der Waals surface area contributed by atoms with E-state index in [0.29, 0.717) is 19.6 Å². The van der Waals surface area contributed by atoms with E-state index in [1.165, 1.54) is 5.56 Å². The molecule has 0 aliphatic carbocycles. The lowest BCUT2D eigenvalue weighted by atomic mass is 9.99. The van der Waals surface area contributed by atoms with Crippen LogP contribution in [0.5, 0.6) is 5.75 Å². The van der Waals surface area contributed by atoms with Crippen molar-refractivity contribution < 1.29 is 14.3 Å². The largest absolute Gasteiger partial charge is 0.493 e. The Labute approximate surface area is 121 Å². The average molecular weight is 279 g/mol. The molecule has 0 aliphatic heterocycles. The SMILES string of the molecule is CCOC(=O)C(C)(CCOc1cccc(C)c1C)NC. The number of hydrogen-bond donors (Lipinski definition) is 1. The van der Waals surface area contributed by atoms with E-state index in [4.69, 9.17) is 9.47 Å². The van der Waals surface area contributed by atoms with E-state index >= 15 is 0 Å². The van der Waals surface area contributed by atoms with E-state index in [2.05, 4.69) is 18.3 Å². The molecule has 0 amide bonds. The fourth-order valence-electron chi connectivity index (χ4n) is 1.87. The normalized spacial score (nSPS) is 13.7. The minimum absolute atomic E-state index is 0.243. The minimum atomic E-state index is -0.715. The summed E-state index contributed by atoms with van der Waals surface area (Å²) in [6, 6.07) is 5.97. The van der Waals surface area contributed by atoms with E-state index < -0.39 is 5.54 Å². The van der Waals surface area contributed by atoms with Crippen LogP contribution in [0.25, 0.3) is 0 Å². The molecule has 0 radical (unpaired) electrons. The van der Waals surface area contributed by atoms with Gasteiger partial charge in [-0.3, -0.25) is 4.79 Å². The summed E-state index contributed by atoms with van der Waals surface area (Å²) in [4.78, 5) is 11.9. The van der Waals surface area contributed by atoms with Gasteiger partial charge in [0.25, 0.3) is 0 Å². The smallest absolute Gasteiger partial charge is 0.326 e. The highest BCUT2D eigenvalue weighted by Gasteiger charge is 2.32. The van der Waals surface area contributed by atoms with Crippen LogP contribution >= 0.6 is 0 Å². The monoisotopic (exact) mass is 279 g/mol. The highest BCUT2D eigenvalue weighted by atomic mass is 16.5. The van der Waals surface area contributed by atoms with Crippen LogP contribution in [0.4, 0.5) is 0 Å². The fourth-order valence-corrected chi connectivity index (χ4v) is 1.87. The molecule has 4 heteroatoms. The number of esters is 1. The summed E-state index contributed by atoms with van der Waals surface area (Å²) >= 11 is 0. The molecular weight excluding hydrogens is 254 g/mol. The van der Waals surface area contributed by atoms with Gasteiger partial charge in [0.15, 0.2) is 0 Å². The summed E-state index contributed by atoms with van der Waals surface area (Å²) < 4.78 is 10.9. The first kappa shape index (κ1) is 16.5. The van der Waals surface area contributed by atoms with E-state index in [-0.39, 0.29) is 5.97 Å². The van der Waals surface area contributed by atoms with Crippen LogP contribution in [-0.2, 0) is 9.53 Å². The van der Waals surface area contributed by atoms with Crippen LogP contribution in [0.3, 0.4) is 0 Å². The Morgan fingerprint density at radius 1 is 1.35 bits per heavy atom. The number of rotatable bonds is 7. The number of ether oxygens (including phenoxy) is 2. The molecule has 112 valence electrons. The van der Waals surface area contributed by atoms with Gasteiger partial charge in [-0.15, -0.1) is 0 Å². The quantitative estimate of drug-likeness (QED) is 0.779. The van der Waals surface area contributed by atoms with Crippen LogP contribution in [-0.4, -0.2) is 31.8 Å². The molecule has 0 heterocycles. The number of benzene rings is 1. The van der Waals surface area contributed by atoms with Crippen LogP contribution in [0.1, 0.15) is 31.4 Å². The van der Waals surface area contributed by atoms with Crippen molar-refractivity contribution in [2.45, 2.75) is 39.7 Å². The maximum Gasteiger partial charge on any atom is 0.326 e. The Hall–Kier alpha value is -1.55. The molecule has 1 unspecified atom stereocenters. The number of likely N-dealkylation sites (N-methyl/N-ethyl adjacent to an activating group) is 1. The van der Waals surface area contributed by atoms with Crippen molar-refractivity contribution >= 4 is 5.97 Å². The Morgan fingerprint density at radius 3 is 2.65 bits per heavy atom. The number of carbonyl (C=O) groups is 1. The van der Waals surface area contributed by atoms with E-state index in [1.807, 2.05) is 26.0 Å². The zero-order valence-corrected chi connectivity index (χ0v) is 13.1. The van der Waals surface area contributed by atoms with Crippen molar-refractivity contribution in [1.82, 2.24) is 5.32 Å². The lowest BCUT2D eigenvalue weighted by Crippen LogP contribution is -2.49. The summed E-state index contributed by atoms with van der Waals surface area (Å²) in [7, 11) is 1.76. The molecule has 0 saturated heterocycles. The molecule has 1 rings (SSSR count).